The van der Waals surface area contributed by atoms with Crippen molar-refractivity contribution in [1.82, 2.24) is 19.8 Å². The maximum atomic E-state index is 4.89. The Bertz CT molecular complexity index is 601. The number of halogens is 1. The van der Waals surface area contributed by atoms with Gasteiger partial charge in [0, 0.05) is 37.2 Å². The minimum Gasteiger partial charge on any atom is -0.327 e. The number of fused-ring (bicyclic) bond motifs is 1. The molecule has 1 unspecified atom stereocenters. The first-order chi connectivity index (χ1) is 9.70. The number of aromatic nitrogens is 2. The standard InChI is InChI=1S/C15H21BrN4/c1-3-20-14-5-4-12(16)10-13(14)18-15(20)11(2)19-8-6-17-7-9-19/h4-5,10-11,17H,3,6-9H2,1-2H3. The fourth-order valence-corrected chi connectivity index (χ4v) is 3.35. The number of nitrogens with zero attached hydrogens (tertiary/aromatic N) is 3. The van der Waals surface area contributed by atoms with Crippen LogP contribution in [0.3, 0.4) is 0 Å². The molecule has 1 saturated heterocycles. The lowest BCUT2D eigenvalue weighted by Crippen LogP contribution is -2.45. The molecule has 1 fully saturated rings. The van der Waals surface area contributed by atoms with Crippen LogP contribution in [-0.4, -0.2) is 40.6 Å². The van der Waals surface area contributed by atoms with Gasteiger partial charge in [0.2, 0.25) is 0 Å². The van der Waals surface area contributed by atoms with Crippen LogP contribution < -0.4 is 5.32 Å². The first-order valence-electron chi connectivity index (χ1n) is 7.31. The zero-order valence-electron chi connectivity index (χ0n) is 12.1. The highest BCUT2D eigenvalue weighted by molar-refractivity contribution is 9.10. The van der Waals surface area contributed by atoms with Crippen molar-refractivity contribution in [2.75, 3.05) is 26.2 Å². The molecule has 1 aliphatic rings. The minimum absolute atomic E-state index is 0.364. The smallest absolute Gasteiger partial charge is 0.127 e. The van der Waals surface area contributed by atoms with Crippen molar-refractivity contribution in [3.05, 3.63) is 28.5 Å². The van der Waals surface area contributed by atoms with Gasteiger partial charge < -0.3 is 9.88 Å². The molecule has 0 spiro atoms. The Morgan fingerprint density at radius 1 is 1.35 bits per heavy atom. The van der Waals surface area contributed by atoms with Gasteiger partial charge >= 0.3 is 0 Å². The highest BCUT2D eigenvalue weighted by atomic mass is 79.9. The van der Waals surface area contributed by atoms with Crippen molar-refractivity contribution in [1.29, 1.82) is 0 Å². The lowest BCUT2D eigenvalue weighted by molar-refractivity contribution is 0.176. The zero-order valence-corrected chi connectivity index (χ0v) is 13.7. The first kappa shape index (κ1) is 14.0. The topological polar surface area (TPSA) is 33.1 Å². The molecule has 1 N–H and O–H groups in total. The summed E-state index contributed by atoms with van der Waals surface area (Å²) >= 11 is 3.53. The van der Waals surface area contributed by atoms with E-state index in [0.29, 0.717) is 6.04 Å². The van der Waals surface area contributed by atoms with Crippen LogP contribution in [0, 0.1) is 0 Å². The molecular weight excluding hydrogens is 316 g/mol. The summed E-state index contributed by atoms with van der Waals surface area (Å²) in [5.74, 6) is 1.18. The van der Waals surface area contributed by atoms with Crippen molar-refractivity contribution in [2.24, 2.45) is 0 Å². The number of piperazine rings is 1. The summed E-state index contributed by atoms with van der Waals surface area (Å²) in [4.78, 5) is 7.40. The van der Waals surface area contributed by atoms with Crippen LogP contribution in [-0.2, 0) is 6.54 Å². The van der Waals surface area contributed by atoms with E-state index in [1.807, 2.05) is 0 Å². The minimum atomic E-state index is 0.364. The number of imidazole rings is 1. The Kier molecular flexibility index (Phi) is 4.10. The molecule has 0 bridgehead atoms. The van der Waals surface area contributed by atoms with E-state index >= 15 is 0 Å². The molecule has 2 heterocycles. The van der Waals surface area contributed by atoms with Crippen molar-refractivity contribution in [3.63, 3.8) is 0 Å². The third-order valence-corrected chi connectivity index (χ3v) is 4.62. The molecular formula is C15H21BrN4. The molecule has 5 heteroatoms. The highest BCUT2D eigenvalue weighted by Gasteiger charge is 2.23. The molecule has 1 aromatic carbocycles. The summed E-state index contributed by atoms with van der Waals surface area (Å²) in [6, 6.07) is 6.72. The first-order valence-corrected chi connectivity index (χ1v) is 8.10. The SMILES string of the molecule is CCn1c(C(C)N2CCNCC2)nc2cc(Br)ccc21. The Morgan fingerprint density at radius 3 is 2.80 bits per heavy atom. The van der Waals surface area contributed by atoms with Crippen LogP contribution >= 0.6 is 15.9 Å². The fraction of sp³-hybridized carbons (Fsp3) is 0.533. The van der Waals surface area contributed by atoms with E-state index in [4.69, 9.17) is 4.98 Å². The summed E-state index contributed by atoms with van der Waals surface area (Å²) in [5.41, 5.74) is 2.31. The summed E-state index contributed by atoms with van der Waals surface area (Å²) in [6.07, 6.45) is 0. The predicted molar refractivity (Wildman–Crippen MR) is 86.0 cm³/mol. The van der Waals surface area contributed by atoms with Gasteiger partial charge in [0.05, 0.1) is 17.1 Å². The number of benzene rings is 1. The van der Waals surface area contributed by atoms with E-state index in [2.05, 4.69) is 62.8 Å². The highest BCUT2D eigenvalue weighted by Crippen LogP contribution is 2.26. The van der Waals surface area contributed by atoms with Crippen molar-refractivity contribution in [3.8, 4) is 0 Å². The summed E-state index contributed by atoms with van der Waals surface area (Å²) in [6.45, 7) is 9.76. The summed E-state index contributed by atoms with van der Waals surface area (Å²) in [7, 11) is 0. The van der Waals surface area contributed by atoms with Crippen LogP contribution in [0.5, 0.6) is 0 Å². The van der Waals surface area contributed by atoms with Gasteiger partial charge in [-0.15, -0.1) is 0 Å². The van der Waals surface area contributed by atoms with Crippen LogP contribution in [0.1, 0.15) is 25.7 Å². The van der Waals surface area contributed by atoms with E-state index in [1.165, 1.54) is 11.3 Å². The number of nitrogens with one attached hydrogen (secondary N) is 1. The number of aryl methyl sites for hydroxylation is 1. The molecule has 3 rings (SSSR count). The third kappa shape index (κ3) is 2.50. The van der Waals surface area contributed by atoms with E-state index in [1.54, 1.807) is 0 Å². The molecule has 108 valence electrons. The second-order valence-electron chi connectivity index (χ2n) is 5.31. The molecule has 20 heavy (non-hydrogen) atoms. The number of hydrogen-bond donors (Lipinski definition) is 1. The molecule has 1 aliphatic heterocycles. The van der Waals surface area contributed by atoms with Gasteiger partial charge in [0.15, 0.2) is 0 Å². The van der Waals surface area contributed by atoms with Gasteiger partial charge in [-0.3, -0.25) is 4.90 Å². The monoisotopic (exact) mass is 336 g/mol. The third-order valence-electron chi connectivity index (χ3n) is 4.13. The average Bonchev–Trinajstić information content (AvgIpc) is 2.84. The Labute approximate surface area is 128 Å². The molecule has 2 aromatic rings. The maximum Gasteiger partial charge on any atom is 0.127 e. The molecule has 1 aromatic heterocycles. The Morgan fingerprint density at radius 2 is 2.10 bits per heavy atom. The van der Waals surface area contributed by atoms with Crippen molar-refractivity contribution >= 4 is 27.0 Å². The van der Waals surface area contributed by atoms with Crippen molar-refractivity contribution in [2.45, 2.75) is 26.4 Å². The fourth-order valence-electron chi connectivity index (χ4n) is 3.01. The van der Waals surface area contributed by atoms with Crippen molar-refractivity contribution < 1.29 is 0 Å². The van der Waals surface area contributed by atoms with E-state index in [0.717, 1.165) is 42.7 Å². The quantitative estimate of drug-likeness (QED) is 0.935. The molecule has 0 aliphatic carbocycles. The summed E-state index contributed by atoms with van der Waals surface area (Å²) < 4.78 is 3.43. The lowest BCUT2D eigenvalue weighted by Gasteiger charge is -2.32. The van der Waals surface area contributed by atoms with Crippen LogP contribution in [0.15, 0.2) is 22.7 Å². The normalized spacial score (nSPS) is 18.6. The van der Waals surface area contributed by atoms with E-state index in [-0.39, 0.29) is 0 Å². The van der Waals surface area contributed by atoms with Crippen LogP contribution in [0.4, 0.5) is 0 Å². The molecule has 0 radical (unpaired) electrons. The number of hydrogen-bond acceptors (Lipinski definition) is 3. The van der Waals surface area contributed by atoms with Gasteiger partial charge in [-0.1, -0.05) is 15.9 Å². The van der Waals surface area contributed by atoms with Gasteiger partial charge in [-0.2, -0.15) is 0 Å². The second kappa shape index (κ2) is 5.84. The molecule has 0 saturated carbocycles. The van der Waals surface area contributed by atoms with Gasteiger partial charge in [0.25, 0.3) is 0 Å². The molecule has 4 nitrogen and oxygen atoms in total. The Balaban J connectivity index is 2.01. The molecule has 0 amide bonds. The second-order valence-corrected chi connectivity index (χ2v) is 6.22. The average molecular weight is 337 g/mol. The Hall–Kier alpha value is -0.910. The largest absolute Gasteiger partial charge is 0.327 e. The molecule has 1 atom stereocenters. The van der Waals surface area contributed by atoms with E-state index in [9.17, 15) is 0 Å². The lowest BCUT2D eigenvalue weighted by atomic mass is 10.2. The van der Waals surface area contributed by atoms with E-state index < -0.39 is 0 Å². The van der Waals surface area contributed by atoms with Gasteiger partial charge in [0.1, 0.15) is 5.82 Å². The summed E-state index contributed by atoms with van der Waals surface area (Å²) in [5, 5.41) is 3.41. The zero-order chi connectivity index (χ0) is 14.1. The number of rotatable bonds is 3. The maximum absolute atomic E-state index is 4.89. The van der Waals surface area contributed by atoms with Crippen LogP contribution in [0.25, 0.3) is 11.0 Å². The van der Waals surface area contributed by atoms with Crippen LogP contribution in [0.2, 0.25) is 0 Å². The predicted octanol–water partition coefficient (Wildman–Crippen LogP) is 2.78. The van der Waals surface area contributed by atoms with Gasteiger partial charge in [-0.25, -0.2) is 4.98 Å². The van der Waals surface area contributed by atoms with Gasteiger partial charge in [-0.05, 0) is 32.0 Å².